The zero-order chi connectivity index (χ0) is 21.3. The Kier molecular flexibility index (Phi) is 5.50. The second kappa shape index (κ2) is 8.10. The number of halogens is 3. The van der Waals surface area contributed by atoms with Gasteiger partial charge in [0.05, 0.1) is 25.2 Å². The molecule has 0 bridgehead atoms. The van der Waals surface area contributed by atoms with Gasteiger partial charge in [0.2, 0.25) is 5.95 Å². The first-order chi connectivity index (χ1) is 14.4. The summed E-state index contributed by atoms with van der Waals surface area (Å²) < 4.78 is 51.4. The van der Waals surface area contributed by atoms with E-state index in [9.17, 15) is 13.2 Å². The molecule has 4 rings (SSSR count). The predicted octanol–water partition coefficient (Wildman–Crippen LogP) is 3.74. The third-order valence-electron chi connectivity index (χ3n) is 5.28. The van der Waals surface area contributed by atoms with Crippen LogP contribution in [0.15, 0.2) is 30.7 Å². The van der Waals surface area contributed by atoms with Gasteiger partial charge in [-0.25, -0.2) is 4.98 Å². The Bertz CT molecular complexity index is 1030. The average molecular weight is 421 g/mol. The molecule has 30 heavy (non-hydrogen) atoms. The highest BCUT2D eigenvalue weighted by Crippen LogP contribution is 2.34. The molecule has 0 atom stereocenters. The van der Waals surface area contributed by atoms with Gasteiger partial charge in [-0.05, 0) is 42.5 Å². The van der Waals surface area contributed by atoms with E-state index in [4.69, 9.17) is 9.47 Å². The van der Waals surface area contributed by atoms with Gasteiger partial charge in [0.1, 0.15) is 17.8 Å². The topological polar surface area (TPSA) is 73.6 Å². The minimum atomic E-state index is -4.37. The highest BCUT2D eigenvalue weighted by Gasteiger charge is 2.31. The quantitative estimate of drug-likeness (QED) is 0.627. The summed E-state index contributed by atoms with van der Waals surface area (Å²) in [7, 11) is 3.10. The van der Waals surface area contributed by atoms with Crippen molar-refractivity contribution >= 4 is 11.5 Å². The first-order valence-electron chi connectivity index (χ1n) is 9.56. The molecule has 160 valence electrons. The number of imidazole rings is 1. The molecule has 1 saturated carbocycles. The number of rotatable bonds is 7. The second-order valence-corrected chi connectivity index (χ2v) is 7.47. The first-order valence-corrected chi connectivity index (χ1v) is 9.56. The van der Waals surface area contributed by atoms with E-state index in [2.05, 4.69) is 20.5 Å². The molecule has 3 aromatic rings. The number of ether oxygens (including phenoxy) is 2. The van der Waals surface area contributed by atoms with E-state index < -0.39 is 12.6 Å². The van der Waals surface area contributed by atoms with Gasteiger partial charge < -0.3 is 14.8 Å². The molecule has 0 saturated heterocycles. The molecule has 1 N–H and O–H groups in total. The zero-order valence-corrected chi connectivity index (χ0v) is 16.6. The van der Waals surface area contributed by atoms with Crippen LogP contribution < -0.4 is 10.1 Å². The van der Waals surface area contributed by atoms with E-state index in [0.717, 1.165) is 19.4 Å². The lowest BCUT2D eigenvalue weighted by Crippen LogP contribution is -2.38. The molecule has 1 fully saturated rings. The van der Waals surface area contributed by atoms with E-state index in [-0.39, 0.29) is 11.6 Å². The Labute approximate surface area is 171 Å². The second-order valence-electron chi connectivity index (χ2n) is 7.47. The minimum absolute atomic E-state index is 0.0707. The van der Waals surface area contributed by atoms with Crippen molar-refractivity contribution in [2.24, 2.45) is 5.92 Å². The number of alkyl halides is 3. The molecular weight excluding hydrogens is 399 g/mol. The van der Waals surface area contributed by atoms with Gasteiger partial charge in [0.15, 0.2) is 0 Å². The third-order valence-corrected chi connectivity index (χ3v) is 5.28. The van der Waals surface area contributed by atoms with Gasteiger partial charge in [0, 0.05) is 25.3 Å². The Morgan fingerprint density at radius 2 is 2.00 bits per heavy atom. The van der Waals surface area contributed by atoms with Gasteiger partial charge in [-0.2, -0.15) is 13.2 Å². The largest absolute Gasteiger partial charge is 0.497 e. The fourth-order valence-corrected chi connectivity index (χ4v) is 3.82. The normalized spacial score (nSPS) is 19.0. The van der Waals surface area contributed by atoms with Crippen molar-refractivity contribution in [3.63, 3.8) is 0 Å². The van der Waals surface area contributed by atoms with E-state index in [0.29, 0.717) is 34.4 Å². The summed E-state index contributed by atoms with van der Waals surface area (Å²) in [6.07, 6.45) is -0.386. The summed E-state index contributed by atoms with van der Waals surface area (Å²) in [4.78, 5) is 4.16. The van der Waals surface area contributed by atoms with Crippen LogP contribution in [0.2, 0.25) is 0 Å². The van der Waals surface area contributed by atoms with Crippen LogP contribution in [0, 0.1) is 5.92 Å². The van der Waals surface area contributed by atoms with Gasteiger partial charge in [0.25, 0.3) is 0 Å². The van der Waals surface area contributed by atoms with Gasteiger partial charge in [-0.1, -0.05) is 0 Å². The molecule has 2 aromatic heterocycles. The maximum atomic E-state index is 13.2. The summed E-state index contributed by atoms with van der Waals surface area (Å²) >= 11 is 0. The Hall–Kier alpha value is -2.88. The number of benzene rings is 1. The Morgan fingerprint density at radius 1 is 1.20 bits per heavy atom. The fraction of sp³-hybridized carbons (Fsp3) is 0.450. The molecule has 10 heteroatoms. The van der Waals surface area contributed by atoms with E-state index in [1.54, 1.807) is 36.2 Å². The lowest BCUT2D eigenvalue weighted by atomic mass is 9.81. The SMILES string of the molecule is COCC1CC(Nc2nnc(-c3ccc(OC)cc3CC(F)(F)F)c3cncn23)C1. The molecule has 0 amide bonds. The first kappa shape index (κ1) is 20.4. The molecule has 0 radical (unpaired) electrons. The van der Waals surface area contributed by atoms with Crippen LogP contribution in [0.4, 0.5) is 19.1 Å². The van der Waals surface area contributed by atoms with E-state index in [1.807, 2.05) is 0 Å². The number of methoxy groups -OCH3 is 2. The van der Waals surface area contributed by atoms with E-state index >= 15 is 0 Å². The number of anilines is 1. The Morgan fingerprint density at radius 3 is 2.70 bits per heavy atom. The lowest BCUT2D eigenvalue weighted by molar-refractivity contribution is -0.127. The van der Waals surface area contributed by atoms with Crippen LogP contribution in [-0.2, 0) is 11.2 Å². The molecule has 1 aliphatic rings. The Balaban J connectivity index is 1.67. The number of aromatic nitrogens is 4. The maximum Gasteiger partial charge on any atom is 0.393 e. The lowest BCUT2D eigenvalue weighted by Gasteiger charge is -2.35. The van der Waals surface area contributed by atoms with Crippen LogP contribution in [0.1, 0.15) is 18.4 Å². The van der Waals surface area contributed by atoms with Crippen molar-refractivity contribution in [2.75, 3.05) is 26.1 Å². The molecule has 0 spiro atoms. The highest BCUT2D eigenvalue weighted by molar-refractivity contribution is 5.79. The zero-order valence-electron chi connectivity index (χ0n) is 16.6. The fourth-order valence-electron chi connectivity index (χ4n) is 3.82. The number of hydrogen-bond donors (Lipinski definition) is 1. The number of hydrogen-bond acceptors (Lipinski definition) is 6. The van der Waals surface area contributed by atoms with Crippen molar-refractivity contribution in [2.45, 2.75) is 31.5 Å². The molecule has 1 aliphatic carbocycles. The van der Waals surface area contributed by atoms with Crippen molar-refractivity contribution in [3.8, 4) is 17.0 Å². The predicted molar refractivity (Wildman–Crippen MR) is 105 cm³/mol. The van der Waals surface area contributed by atoms with Crippen LogP contribution in [0.3, 0.4) is 0 Å². The molecule has 7 nitrogen and oxygen atoms in total. The smallest absolute Gasteiger partial charge is 0.393 e. The number of nitrogens with zero attached hydrogens (tertiary/aromatic N) is 4. The monoisotopic (exact) mass is 421 g/mol. The molecule has 0 unspecified atom stereocenters. The third kappa shape index (κ3) is 4.18. The summed E-state index contributed by atoms with van der Waals surface area (Å²) in [5.41, 5.74) is 1.34. The highest BCUT2D eigenvalue weighted by atomic mass is 19.4. The van der Waals surface area contributed by atoms with Crippen LogP contribution in [-0.4, -0.2) is 52.6 Å². The van der Waals surface area contributed by atoms with Crippen LogP contribution >= 0.6 is 0 Å². The maximum absolute atomic E-state index is 13.2. The number of fused-ring (bicyclic) bond motifs is 1. The molecule has 1 aromatic carbocycles. The molecule has 2 heterocycles. The minimum Gasteiger partial charge on any atom is -0.497 e. The van der Waals surface area contributed by atoms with Crippen molar-refractivity contribution in [3.05, 3.63) is 36.3 Å². The molecular formula is C20H22F3N5O2. The summed E-state index contributed by atoms with van der Waals surface area (Å²) in [6, 6.07) is 4.82. The van der Waals surface area contributed by atoms with Crippen LogP contribution in [0.25, 0.3) is 16.8 Å². The van der Waals surface area contributed by atoms with Gasteiger partial charge in [-0.3, -0.25) is 4.40 Å². The summed E-state index contributed by atoms with van der Waals surface area (Å²) in [5, 5.41) is 11.8. The van der Waals surface area contributed by atoms with Crippen LogP contribution in [0.5, 0.6) is 5.75 Å². The van der Waals surface area contributed by atoms with Crippen molar-refractivity contribution < 1.29 is 22.6 Å². The van der Waals surface area contributed by atoms with Crippen molar-refractivity contribution in [1.82, 2.24) is 19.6 Å². The van der Waals surface area contributed by atoms with E-state index in [1.165, 1.54) is 13.2 Å². The number of nitrogens with one attached hydrogen (secondary N) is 1. The molecule has 0 aliphatic heterocycles. The standard InChI is InChI=1S/C20H22F3N5O2/c1-29-10-12-5-14(6-12)25-19-27-26-18(17-9-24-11-28(17)19)16-4-3-15(30-2)7-13(16)8-20(21,22)23/h3-4,7,9,11-12,14H,5-6,8,10H2,1-2H3,(H,25,27). The van der Waals surface area contributed by atoms with Gasteiger partial charge >= 0.3 is 6.18 Å². The summed E-state index contributed by atoms with van der Waals surface area (Å²) in [6.45, 7) is 0.725. The van der Waals surface area contributed by atoms with Gasteiger partial charge in [-0.15, -0.1) is 10.2 Å². The average Bonchev–Trinajstić information content (AvgIpc) is 3.15. The summed E-state index contributed by atoms with van der Waals surface area (Å²) in [5.74, 6) is 1.38. The van der Waals surface area contributed by atoms with Crippen molar-refractivity contribution in [1.29, 1.82) is 0 Å².